The molecule has 2 N–H and O–H groups in total. The van der Waals surface area contributed by atoms with Crippen molar-refractivity contribution in [1.82, 2.24) is 9.80 Å². The highest BCUT2D eigenvalue weighted by atomic mass is 16.4. The third-order valence-electron chi connectivity index (χ3n) is 4.72. The Hall–Kier alpha value is -1.92. The van der Waals surface area contributed by atoms with Crippen molar-refractivity contribution < 1.29 is 19.8 Å². The Bertz CT molecular complexity index is 577. The summed E-state index contributed by atoms with van der Waals surface area (Å²) < 4.78 is 0. The van der Waals surface area contributed by atoms with Crippen LogP contribution in [-0.4, -0.2) is 63.2 Å². The molecule has 1 aromatic rings. The van der Waals surface area contributed by atoms with Gasteiger partial charge in [0.1, 0.15) is 6.04 Å². The lowest BCUT2D eigenvalue weighted by Gasteiger charge is -2.29. The zero-order chi connectivity index (χ0) is 16.4. The maximum absolute atomic E-state index is 12.8. The molecule has 6 heteroatoms. The van der Waals surface area contributed by atoms with E-state index in [1.807, 2.05) is 30.3 Å². The average Bonchev–Trinajstić information content (AvgIpc) is 3.14. The van der Waals surface area contributed by atoms with Crippen LogP contribution in [0, 0.1) is 0 Å². The first-order chi connectivity index (χ1) is 11.1. The normalized spacial score (nSPS) is 28.2. The van der Waals surface area contributed by atoms with Gasteiger partial charge < -0.3 is 15.1 Å². The molecule has 3 rings (SSSR count). The summed E-state index contributed by atoms with van der Waals surface area (Å²) in [6, 6.07) is 8.76. The lowest BCUT2D eigenvalue weighted by Crippen LogP contribution is -2.49. The van der Waals surface area contributed by atoms with Crippen molar-refractivity contribution in [2.24, 2.45) is 0 Å². The van der Waals surface area contributed by atoms with Crippen LogP contribution >= 0.6 is 0 Å². The summed E-state index contributed by atoms with van der Waals surface area (Å²) in [5.41, 5.74) is 1.14. The van der Waals surface area contributed by atoms with E-state index in [0.29, 0.717) is 6.54 Å². The molecule has 6 nitrogen and oxygen atoms in total. The van der Waals surface area contributed by atoms with E-state index in [4.69, 9.17) is 0 Å². The summed E-state index contributed by atoms with van der Waals surface area (Å²) in [5, 5.41) is 19.0. The molecule has 2 fully saturated rings. The highest BCUT2D eigenvalue weighted by Crippen LogP contribution is 2.26. The predicted octanol–water partition coefficient (Wildman–Crippen LogP) is 0.697. The minimum absolute atomic E-state index is 0.117. The number of carbonyl (C=O) groups excluding carboxylic acids is 1. The van der Waals surface area contributed by atoms with Crippen molar-refractivity contribution >= 4 is 11.9 Å². The molecule has 0 radical (unpaired) electrons. The topological polar surface area (TPSA) is 81.1 Å². The van der Waals surface area contributed by atoms with Crippen LogP contribution in [0.5, 0.6) is 0 Å². The molecule has 1 amide bonds. The lowest BCUT2D eigenvalue weighted by molar-refractivity contribution is -0.150. The first-order valence-corrected chi connectivity index (χ1v) is 8.05. The zero-order valence-corrected chi connectivity index (χ0v) is 13.0. The second-order valence-corrected chi connectivity index (χ2v) is 6.35. The highest BCUT2D eigenvalue weighted by molar-refractivity contribution is 5.88. The number of aliphatic hydroxyl groups excluding tert-OH is 1. The quantitative estimate of drug-likeness (QED) is 0.854. The minimum Gasteiger partial charge on any atom is -0.480 e. The lowest BCUT2D eigenvalue weighted by atomic mass is 10.1. The van der Waals surface area contributed by atoms with Crippen molar-refractivity contribution in [2.75, 3.05) is 13.1 Å². The average molecular weight is 318 g/mol. The molecule has 0 spiro atoms. The summed E-state index contributed by atoms with van der Waals surface area (Å²) in [6.07, 6.45) is 1.04. The van der Waals surface area contributed by atoms with Crippen LogP contribution in [0.4, 0.5) is 0 Å². The van der Waals surface area contributed by atoms with Crippen molar-refractivity contribution in [3.63, 3.8) is 0 Å². The summed E-state index contributed by atoms with van der Waals surface area (Å²) in [7, 11) is 0. The zero-order valence-electron chi connectivity index (χ0n) is 13.0. The smallest absolute Gasteiger partial charge is 0.326 e. The van der Waals surface area contributed by atoms with E-state index in [2.05, 4.69) is 4.90 Å². The fraction of sp³-hybridized carbons (Fsp3) is 0.529. The highest BCUT2D eigenvalue weighted by Gasteiger charge is 2.43. The third kappa shape index (κ3) is 3.38. The molecule has 3 atom stereocenters. The van der Waals surface area contributed by atoms with E-state index in [0.717, 1.165) is 24.9 Å². The first-order valence-electron chi connectivity index (χ1n) is 8.05. The van der Waals surface area contributed by atoms with Crippen molar-refractivity contribution in [1.29, 1.82) is 0 Å². The van der Waals surface area contributed by atoms with Gasteiger partial charge in [0.15, 0.2) is 0 Å². The molecule has 0 aromatic heterocycles. The molecule has 124 valence electrons. The van der Waals surface area contributed by atoms with Crippen molar-refractivity contribution in [2.45, 2.75) is 44.0 Å². The van der Waals surface area contributed by atoms with Gasteiger partial charge in [-0.15, -0.1) is 0 Å². The molecule has 0 bridgehead atoms. The summed E-state index contributed by atoms with van der Waals surface area (Å²) in [5.74, 6) is -1.20. The Balaban J connectivity index is 1.71. The van der Waals surface area contributed by atoms with Gasteiger partial charge in [-0.05, 0) is 24.9 Å². The second-order valence-electron chi connectivity index (χ2n) is 6.35. The SMILES string of the molecule is O=C(O)[C@@H]1C[C@@H](O)CN1C(=O)[C@@H]1CCCN1Cc1ccccc1. The minimum atomic E-state index is -1.04. The van der Waals surface area contributed by atoms with Crippen LogP contribution in [0.25, 0.3) is 0 Å². The summed E-state index contributed by atoms with van der Waals surface area (Å²) in [4.78, 5) is 27.6. The number of β-amino-alcohol motifs (C(OH)–C–C–N with tert-alkyl or cyclic N) is 1. The van der Waals surface area contributed by atoms with Gasteiger partial charge in [-0.3, -0.25) is 9.69 Å². The predicted molar refractivity (Wildman–Crippen MR) is 83.6 cm³/mol. The molecule has 0 saturated carbocycles. The van der Waals surface area contributed by atoms with E-state index < -0.39 is 18.1 Å². The van der Waals surface area contributed by atoms with Gasteiger partial charge in [-0.2, -0.15) is 0 Å². The fourth-order valence-corrected chi connectivity index (χ4v) is 3.60. The number of carbonyl (C=O) groups is 2. The number of nitrogens with zero attached hydrogens (tertiary/aromatic N) is 2. The van der Waals surface area contributed by atoms with Gasteiger partial charge in [-0.25, -0.2) is 4.79 Å². The molecular formula is C17H22N2O4. The van der Waals surface area contributed by atoms with Crippen LogP contribution in [0.15, 0.2) is 30.3 Å². The number of carboxylic acids is 1. The molecule has 1 aromatic carbocycles. The van der Waals surface area contributed by atoms with Crippen LogP contribution in [0.3, 0.4) is 0 Å². The van der Waals surface area contributed by atoms with Gasteiger partial charge in [0.05, 0.1) is 12.1 Å². The molecule has 2 aliphatic heterocycles. The molecular weight excluding hydrogens is 296 g/mol. The van der Waals surface area contributed by atoms with E-state index in [1.165, 1.54) is 4.90 Å². The number of carboxylic acid groups (broad SMARTS) is 1. The summed E-state index contributed by atoms with van der Waals surface area (Å²) >= 11 is 0. The van der Waals surface area contributed by atoms with E-state index in [9.17, 15) is 19.8 Å². The Morgan fingerprint density at radius 3 is 2.61 bits per heavy atom. The van der Waals surface area contributed by atoms with Crippen molar-refractivity contribution in [3.05, 3.63) is 35.9 Å². The van der Waals surface area contributed by atoms with Gasteiger partial charge in [0.25, 0.3) is 0 Å². The molecule has 2 aliphatic rings. The second kappa shape index (κ2) is 6.68. The van der Waals surface area contributed by atoms with Gasteiger partial charge in [0, 0.05) is 19.5 Å². The number of benzene rings is 1. The van der Waals surface area contributed by atoms with Crippen LogP contribution < -0.4 is 0 Å². The molecule has 23 heavy (non-hydrogen) atoms. The van der Waals surface area contributed by atoms with Gasteiger partial charge in [0.2, 0.25) is 5.91 Å². The molecule has 2 heterocycles. The Morgan fingerprint density at radius 1 is 1.17 bits per heavy atom. The van der Waals surface area contributed by atoms with Gasteiger partial charge in [-0.1, -0.05) is 30.3 Å². The Labute approximate surface area is 135 Å². The Kier molecular flexibility index (Phi) is 4.63. The standard InChI is InChI=1S/C17H22N2O4/c20-13-9-15(17(22)23)19(11-13)16(21)14-7-4-8-18(14)10-12-5-2-1-3-6-12/h1-3,5-6,13-15,20H,4,7-11H2,(H,22,23)/t13-,14+,15+/m1/s1. The molecule has 0 aliphatic carbocycles. The number of likely N-dealkylation sites (tertiary alicyclic amines) is 2. The number of amides is 1. The van der Waals surface area contributed by atoms with Gasteiger partial charge >= 0.3 is 5.97 Å². The molecule has 0 unspecified atom stereocenters. The van der Waals surface area contributed by atoms with Crippen LogP contribution in [0.1, 0.15) is 24.8 Å². The fourth-order valence-electron chi connectivity index (χ4n) is 3.60. The number of aliphatic carboxylic acids is 1. The van der Waals surface area contributed by atoms with E-state index in [1.54, 1.807) is 0 Å². The van der Waals surface area contributed by atoms with E-state index in [-0.39, 0.29) is 24.9 Å². The number of hydrogen-bond acceptors (Lipinski definition) is 4. The number of aliphatic hydroxyl groups is 1. The van der Waals surface area contributed by atoms with Crippen LogP contribution in [-0.2, 0) is 16.1 Å². The third-order valence-corrected chi connectivity index (χ3v) is 4.72. The first kappa shape index (κ1) is 16.0. The largest absolute Gasteiger partial charge is 0.480 e. The van der Waals surface area contributed by atoms with Crippen molar-refractivity contribution in [3.8, 4) is 0 Å². The maximum atomic E-state index is 12.8. The summed E-state index contributed by atoms with van der Waals surface area (Å²) in [6.45, 7) is 1.64. The monoisotopic (exact) mass is 318 g/mol. The Morgan fingerprint density at radius 2 is 1.91 bits per heavy atom. The van der Waals surface area contributed by atoms with Crippen LogP contribution in [0.2, 0.25) is 0 Å². The number of hydrogen-bond donors (Lipinski definition) is 2. The van der Waals surface area contributed by atoms with E-state index >= 15 is 0 Å². The molecule has 2 saturated heterocycles. The number of rotatable bonds is 4. The maximum Gasteiger partial charge on any atom is 0.326 e.